The fourth-order valence-electron chi connectivity index (χ4n) is 1.18. The van der Waals surface area contributed by atoms with E-state index < -0.39 is 24.0 Å². The van der Waals surface area contributed by atoms with E-state index >= 15 is 0 Å². The minimum absolute atomic E-state index is 0.144. The molecule has 0 aliphatic carbocycles. The van der Waals surface area contributed by atoms with Gasteiger partial charge in [0.15, 0.2) is 6.10 Å². The molecule has 0 saturated heterocycles. The second-order valence-electron chi connectivity index (χ2n) is 4.82. The molecule has 0 rings (SSSR count). The molecule has 18 heavy (non-hydrogen) atoms. The fourth-order valence-corrected chi connectivity index (χ4v) is 1.18. The Hall–Kier alpha value is -1.63. The summed E-state index contributed by atoms with van der Waals surface area (Å²) in [6.07, 6.45) is -0.695. The minimum atomic E-state index is -0.954. The van der Waals surface area contributed by atoms with Crippen LogP contribution < -0.4 is 0 Å². The number of hydrogen-bond acceptors (Lipinski definition) is 4. The van der Waals surface area contributed by atoms with Gasteiger partial charge in [-0.2, -0.15) is 0 Å². The highest BCUT2D eigenvalue weighted by Crippen LogP contribution is 2.04. The van der Waals surface area contributed by atoms with Gasteiger partial charge in [0, 0.05) is 13.8 Å². The van der Waals surface area contributed by atoms with Crippen molar-refractivity contribution in [1.29, 1.82) is 0 Å². The molecule has 0 spiro atoms. The lowest BCUT2D eigenvalue weighted by molar-refractivity contribution is -0.873. The second-order valence-corrected chi connectivity index (χ2v) is 4.82. The molecule has 0 aromatic carbocycles. The lowest BCUT2D eigenvalue weighted by Gasteiger charge is -2.28. The molecule has 0 radical (unpaired) electrons. The number of nitrogens with zero attached hydrogens (tertiary/aromatic N) is 1. The first-order chi connectivity index (χ1) is 7.94. The Balaban J connectivity index is 0. The number of esters is 1. The Morgan fingerprint density at radius 2 is 1.50 bits per heavy atom. The van der Waals surface area contributed by atoms with Crippen molar-refractivity contribution in [3.8, 4) is 0 Å². The molecule has 0 bridgehead atoms. The largest absolute Gasteiger partial charge is 0.481 e. The molecule has 0 amide bonds. The number of carboxylic acid groups (broad SMARTS) is 2. The molecule has 106 valence electrons. The number of rotatable bonds is 5. The van der Waals surface area contributed by atoms with Crippen LogP contribution in [0.4, 0.5) is 0 Å². The summed E-state index contributed by atoms with van der Waals surface area (Å²) in [4.78, 5) is 30.2. The highest BCUT2D eigenvalue weighted by Gasteiger charge is 2.23. The van der Waals surface area contributed by atoms with Gasteiger partial charge in [-0.15, -0.1) is 0 Å². The first kappa shape index (κ1) is 18.7. The number of carbonyl (C=O) groups is 3. The zero-order valence-corrected chi connectivity index (χ0v) is 11.5. The number of quaternary nitrogens is 1. The van der Waals surface area contributed by atoms with Crippen LogP contribution in [0.3, 0.4) is 0 Å². The average Bonchev–Trinajstić information content (AvgIpc) is 1.94. The quantitative estimate of drug-likeness (QED) is 0.543. The van der Waals surface area contributed by atoms with Gasteiger partial charge in [0.1, 0.15) is 6.54 Å². The van der Waals surface area contributed by atoms with Crippen LogP contribution in [0.15, 0.2) is 0 Å². The van der Waals surface area contributed by atoms with Gasteiger partial charge < -0.3 is 19.4 Å². The van der Waals surface area contributed by atoms with E-state index in [1.165, 1.54) is 6.92 Å². The van der Waals surface area contributed by atoms with Crippen molar-refractivity contribution in [2.24, 2.45) is 0 Å². The maximum atomic E-state index is 10.7. The maximum Gasteiger partial charge on any atom is 0.307 e. The van der Waals surface area contributed by atoms with E-state index in [0.29, 0.717) is 11.0 Å². The van der Waals surface area contributed by atoms with Crippen molar-refractivity contribution in [3.63, 3.8) is 0 Å². The number of ether oxygens (including phenoxy) is 1. The van der Waals surface area contributed by atoms with E-state index in [1.807, 2.05) is 21.1 Å². The summed E-state index contributed by atoms with van der Waals surface area (Å²) in [5.41, 5.74) is 0. The molecule has 2 N–H and O–H groups in total. The normalized spacial score (nSPS) is 11.8. The standard InChI is InChI=1S/C9H17NO4.C2H4O2/c1-7(11)14-8(5-9(12)13)6-10(2,3)4;1-2(3)4/h8H,5-6H2,1-4H3;1H3,(H,3,4)/p+1/t8-;/m1./s1. The molecule has 0 heterocycles. The van der Waals surface area contributed by atoms with Gasteiger partial charge in [-0.3, -0.25) is 14.4 Å². The Labute approximate surface area is 107 Å². The van der Waals surface area contributed by atoms with Crippen molar-refractivity contribution in [1.82, 2.24) is 0 Å². The number of aliphatic carboxylic acids is 2. The molecule has 0 aromatic rings. The highest BCUT2D eigenvalue weighted by atomic mass is 16.5. The molecular weight excluding hydrogens is 242 g/mol. The Bertz CT molecular complexity index is 274. The molecule has 0 unspecified atom stereocenters. The Morgan fingerprint density at radius 1 is 1.11 bits per heavy atom. The molecule has 7 nitrogen and oxygen atoms in total. The first-order valence-electron chi connectivity index (χ1n) is 5.33. The lowest BCUT2D eigenvalue weighted by atomic mass is 10.2. The smallest absolute Gasteiger partial charge is 0.307 e. The predicted molar refractivity (Wildman–Crippen MR) is 64.0 cm³/mol. The molecule has 0 saturated carbocycles. The van der Waals surface area contributed by atoms with Crippen LogP contribution in [0, 0.1) is 0 Å². The SMILES string of the molecule is CC(=O)O.CC(=O)O[C@H](CC(=O)O)C[N+](C)(C)C. The van der Waals surface area contributed by atoms with Crippen molar-refractivity contribution >= 4 is 17.9 Å². The minimum Gasteiger partial charge on any atom is -0.481 e. The van der Waals surface area contributed by atoms with Crippen molar-refractivity contribution in [2.45, 2.75) is 26.4 Å². The van der Waals surface area contributed by atoms with Crippen molar-refractivity contribution in [3.05, 3.63) is 0 Å². The van der Waals surface area contributed by atoms with Crippen LogP contribution in [-0.4, -0.2) is 66.4 Å². The number of carboxylic acids is 2. The Kier molecular flexibility index (Phi) is 8.80. The summed E-state index contributed by atoms with van der Waals surface area (Å²) in [5, 5.41) is 16.0. The predicted octanol–water partition coefficient (Wildman–Crippen LogP) is 0.190. The van der Waals surface area contributed by atoms with E-state index in [-0.39, 0.29) is 6.42 Å². The third-order valence-electron chi connectivity index (χ3n) is 1.49. The molecule has 7 heteroatoms. The molecule has 0 aromatic heterocycles. The van der Waals surface area contributed by atoms with Gasteiger partial charge in [0.25, 0.3) is 5.97 Å². The summed E-state index contributed by atoms with van der Waals surface area (Å²) < 4.78 is 5.46. The number of likely N-dealkylation sites (N-methyl/N-ethyl adjacent to an activating group) is 1. The van der Waals surface area contributed by atoms with E-state index in [4.69, 9.17) is 19.7 Å². The van der Waals surface area contributed by atoms with Gasteiger partial charge in [-0.1, -0.05) is 0 Å². The summed E-state index contributed by atoms with van der Waals surface area (Å²) >= 11 is 0. The maximum absolute atomic E-state index is 10.7. The third-order valence-corrected chi connectivity index (χ3v) is 1.49. The van der Waals surface area contributed by atoms with Gasteiger partial charge in [0.2, 0.25) is 0 Å². The van der Waals surface area contributed by atoms with Crippen LogP contribution in [0.1, 0.15) is 20.3 Å². The number of hydrogen-bond donors (Lipinski definition) is 2. The highest BCUT2D eigenvalue weighted by molar-refractivity contribution is 5.69. The van der Waals surface area contributed by atoms with E-state index in [1.54, 1.807) is 0 Å². The van der Waals surface area contributed by atoms with Crippen molar-refractivity contribution in [2.75, 3.05) is 27.7 Å². The average molecular weight is 264 g/mol. The van der Waals surface area contributed by atoms with Crippen molar-refractivity contribution < 1.29 is 33.8 Å². The van der Waals surface area contributed by atoms with Gasteiger partial charge in [-0.05, 0) is 0 Å². The second kappa shape index (κ2) is 8.46. The van der Waals surface area contributed by atoms with Gasteiger partial charge in [0.05, 0.1) is 27.6 Å². The molecule has 0 fully saturated rings. The molecule has 0 aliphatic heterocycles. The summed E-state index contributed by atoms with van der Waals surface area (Å²) in [6.45, 7) is 2.86. The number of carbonyl (C=O) groups excluding carboxylic acids is 1. The van der Waals surface area contributed by atoms with Crippen LogP contribution in [0.2, 0.25) is 0 Å². The van der Waals surface area contributed by atoms with E-state index in [9.17, 15) is 9.59 Å². The van der Waals surface area contributed by atoms with E-state index in [0.717, 1.165) is 6.92 Å². The third kappa shape index (κ3) is 19.9. The Morgan fingerprint density at radius 3 is 1.72 bits per heavy atom. The van der Waals surface area contributed by atoms with Crippen LogP contribution in [0.25, 0.3) is 0 Å². The monoisotopic (exact) mass is 264 g/mol. The molecule has 1 atom stereocenters. The fraction of sp³-hybridized carbons (Fsp3) is 0.727. The molecule has 0 aliphatic rings. The van der Waals surface area contributed by atoms with Crippen LogP contribution in [-0.2, 0) is 19.1 Å². The van der Waals surface area contributed by atoms with Crippen LogP contribution >= 0.6 is 0 Å². The summed E-state index contributed by atoms with van der Waals surface area (Å²) in [5.74, 6) is -2.23. The van der Waals surface area contributed by atoms with E-state index in [2.05, 4.69) is 0 Å². The summed E-state index contributed by atoms with van der Waals surface area (Å²) in [7, 11) is 5.75. The topological polar surface area (TPSA) is 101 Å². The summed E-state index contributed by atoms with van der Waals surface area (Å²) in [6, 6.07) is 0. The lowest BCUT2D eigenvalue weighted by Crippen LogP contribution is -2.43. The van der Waals surface area contributed by atoms with Gasteiger partial charge >= 0.3 is 11.9 Å². The zero-order chi connectivity index (χ0) is 14.9. The van der Waals surface area contributed by atoms with Crippen LogP contribution in [0.5, 0.6) is 0 Å². The zero-order valence-electron chi connectivity index (χ0n) is 11.5. The van der Waals surface area contributed by atoms with Gasteiger partial charge in [-0.25, -0.2) is 0 Å². The first-order valence-corrected chi connectivity index (χ1v) is 5.33. The molecular formula is C11H22NO6+.